The first-order chi connectivity index (χ1) is 10.8. The van der Waals surface area contributed by atoms with E-state index in [-0.39, 0.29) is 0 Å². The molecule has 0 saturated heterocycles. The summed E-state index contributed by atoms with van der Waals surface area (Å²) in [5.41, 5.74) is 5.38. The van der Waals surface area contributed by atoms with Gasteiger partial charge in [0, 0.05) is 10.9 Å². The molecule has 4 aromatic rings. The largest absolute Gasteiger partial charge is 0.239 e. The van der Waals surface area contributed by atoms with Gasteiger partial charge < -0.3 is 0 Å². The van der Waals surface area contributed by atoms with Gasteiger partial charge in [0.05, 0.1) is 17.8 Å². The highest BCUT2D eigenvalue weighted by Crippen LogP contribution is 2.24. The Morgan fingerprint density at radius 2 is 1.86 bits per heavy atom. The molecule has 5 heteroatoms. The number of hydrogen-bond donors (Lipinski definition) is 0. The van der Waals surface area contributed by atoms with Gasteiger partial charge in [-0.3, -0.25) is 0 Å². The van der Waals surface area contributed by atoms with E-state index < -0.39 is 0 Å². The van der Waals surface area contributed by atoms with Gasteiger partial charge in [0.2, 0.25) is 0 Å². The number of fused-ring (bicyclic) bond motifs is 1. The molecule has 0 N–H and O–H groups in total. The van der Waals surface area contributed by atoms with Crippen LogP contribution >= 0.6 is 11.3 Å². The van der Waals surface area contributed by atoms with Crippen molar-refractivity contribution in [2.45, 2.75) is 13.5 Å². The molecule has 2 heterocycles. The van der Waals surface area contributed by atoms with Crippen LogP contribution in [0.3, 0.4) is 0 Å². The lowest BCUT2D eigenvalue weighted by molar-refractivity contribution is 0.661. The minimum absolute atomic E-state index is 0.642. The van der Waals surface area contributed by atoms with Gasteiger partial charge >= 0.3 is 0 Å². The minimum atomic E-state index is 0.642. The van der Waals surface area contributed by atoms with Crippen molar-refractivity contribution in [2.24, 2.45) is 0 Å². The monoisotopic (exact) mass is 306 g/mol. The molecule has 4 nitrogen and oxygen atoms in total. The molecule has 2 aromatic heterocycles. The minimum Gasteiger partial charge on any atom is -0.239 e. The quantitative estimate of drug-likeness (QED) is 0.576. The first kappa shape index (κ1) is 13.2. The van der Waals surface area contributed by atoms with Crippen LogP contribution in [0.4, 0.5) is 0 Å². The molecular formula is C17H14N4S. The highest BCUT2D eigenvalue weighted by Gasteiger charge is 2.08. The Morgan fingerprint density at radius 1 is 1.05 bits per heavy atom. The lowest BCUT2D eigenvalue weighted by atomic mass is 10.2. The second kappa shape index (κ2) is 5.35. The molecule has 0 aliphatic heterocycles. The van der Waals surface area contributed by atoms with Crippen molar-refractivity contribution in [1.82, 2.24) is 20.0 Å². The lowest BCUT2D eigenvalue weighted by Gasteiger charge is -1.99. The summed E-state index contributed by atoms with van der Waals surface area (Å²) in [6.07, 6.45) is 0. The van der Waals surface area contributed by atoms with Crippen molar-refractivity contribution >= 4 is 22.4 Å². The molecule has 2 aromatic carbocycles. The third kappa shape index (κ3) is 2.40. The van der Waals surface area contributed by atoms with Gasteiger partial charge in [-0.25, -0.2) is 9.67 Å². The van der Waals surface area contributed by atoms with Crippen LogP contribution in [0.25, 0.3) is 21.6 Å². The van der Waals surface area contributed by atoms with E-state index >= 15 is 0 Å². The Hall–Kier alpha value is -2.53. The molecule has 4 rings (SSSR count). The molecule has 0 unspecified atom stereocenters. The predicted octanol–water partition coefficient (Wildman–Crippen LogP) is 3.91. The van der Waals surface area contributed by atoms with Crippen LogP contribution in [0.2, 0.25) is 0 Å². The van der Waals surface area contributed by atoms with Crippen molar-refractivity contribution < 1.29 is 0 Å². The molecule has 0 saturated carbocycles. The Labute approximate surface area is 132 Å². The molecule has 0 fully saturated rings. The summed E-state index contributed by atoms with van der Waals surface area (Å²) in [7, 11) is 0. The highest BCUT2D eigenvalue weighted by atomic mass is 32.1. The highest BCUT2D eigenvalue weighted by molar-refractivity contribution is 7.13. The normalized spacial score (nSPS) is 11.1. The first-order valence-corrected chi connectivity index (χ1v) is 7.97. The number of benzene rings is 2. The van der Waals surface area contributed by atoms with Crippen molar-refractivity contribution in [3.8, 4) is 10.6 Å². The zero-order valence-electron chi connectivity index (χ0n) is 12.1. The second-order valence-corrected chi connectivity index (χ2v) is 6.10. The summed E-state index contributed by atoms with van der Waals surface area (Å²) in [5, 5.41) is 11.5. The number of para-hydroxylation sites is 1. The van der Waals surface area contributed by atoms with Crippen LogP contribution in [-0.2, 0) is 6.54 Å². The summed E-state index contributed by atoms with van der Waals surface area (Å²) in [5.74, 6) is 0. The smallest absolute Gasteiger partial charge is 0.123 e. The number of hydrogen-bond acceptors (Lipinski definition) is 4. The average molecular weight is 306 g/mol. The standard InChI is InChI=1S/C17H14N4S/c1-12-6-8-13(9-7-12)17-18-14(11-22-17)10-21-16-5-3-2-4-15(16)19-20-21/h2-9,11H,10H2,1H3. The lowest BCUT2D eigenvalue weighted by Crippen LogP contribution is -2.02. The molecule has 0 amide bonds. The summed E-state index contributed by atoms with van der Waals surface area (Å²) in [4.78, 5) is 4.72. The average Bonchev–Trinajstić information content (AvgIpc) is 3.16. The van der Waals surface area contributed by atoms with E-state index in [1.54, 1.807) is 11.3 Å². The number of aryl methyl sites for hydroxylation is 1. The molecular weight excluding hydrogens is 292 g/mol. The van der Waals surface area contributed by atoms with Crippen LogP contribution < -0.4 is 0 Å². The van der Waals surface area contributed by atoms with Crippen LogP contribution in [-0.4, -0.2) is 20.0 Å². The van der Waals surface area contributed by atoms with Crippen LogP contribution in [0, 0.1) is 6.92 Å². The maximum absolute atomic E-state index is 4.72. The van der Waals surface area contributed by atoms with E-state index in [0.717, 1.165) is 27.3 Å². The van der Waals surface area contributed by atoms with Gasteiger partial charge in [0.1, 0.15) is 10.5 Å². The van der Waals surface area contributed by atoms with E-state index in [1.165, 1.54) is 5.56 Å². The Morgan fingerprint density at radius 3 is 2.73 bits per heavy atom. The summed E-state index contributed by atoms with van der Waals surface area (Å²) in [6, 6.07) is 16.4. The number of rotatable bonds is 3. The zero-order chi connectivity index (χ0) is 14.9. The summed E-state index contributed by atoms with van der Waals surface area (Å²) >= 11 is 1.66. The van der Waals surface area contributed by atoms with Crippen LogP contribution in [0.5, 0.6) is 0 Å². The van der Waals surface area contributed by atoms with E-state index in [9.17, 15) is 0 Å². The molecule has 0 radical (unpaired) electrons. The SMILES string of the molecule is Cc1ccc(-c2nc(Cn3nnc4ccccc43)cs2)cc1. The van der Waals surface area contributed by atoms with Gasteiger partial charge in [-0.2, -0.15) is 0 Å². The fourth-order valence-corrected chi connectivity index (χ4v) is 3.21. The van der Waals surface area contributed by atoms with E-state index in [4.69, 9.17) is 4.98 Å². The van der Waals surface area contributed by atoms with Gasteiger partial charge in [-0.15, -0.1) is 16.4 Å². The molecule has 0 spiro atoms. The molecule has 0 bridgehead atoms. The summed E-state index contributed by atoms with van der Waals surface area (Å²) < 4.78 is 1.89. The van der Waals surface area contributed by atoms with Gasteiger partial charge in [0.15, 0.2) is 0 Å². The number of nitrogens with zero attached hydrogens (tertiary/aromatic N) is 4. The van der Waals surface area contributed by atoms with Crippen LogP contribution in [0.1, 0.15) is 11.3 Å². The van der Waals surface area contributed by atoms with Gasteiger partial charge in [-0.1, -0.05) is 47.2 Å². The molecule has 108 valence electrons. The number of aromatic nitrogens is 4. The number of thiazole rings is 1. The fraction of sp³-hybridized carbons (Fsp3) is 0.118. The van der Waals surface area contributed by atoms with Crippen LogP contribution in [0.15, 0.2) is 53.9 Å². The van der Waals surface area contributed by atoms with E-state index in [0.29, 0.717) is 6.54 Å². The summed E-state index contributed by atoms with van der Waals surface area (Å²) in [6.45, 7) is 2.73. The molecule has 0 aliphatic carbocycles. The third-order valence-electron chi connectivity index (χ3n) is 3.58. The maximum Gasteiger partial charge on any atom is 0.123 e. The van der Waals surface area contributed by atoms with Crippen molar-refractivity contribution in [3.63, 3.8) is 0 Å². The van der Waals surface area contributed by atoms with Gasteiger partial charge in [-0.05, 0) is 19.1 Å². The molecule has 22 heavy (non-hydrogen) atoms. The fourth-order valence-electron chi connectivity index (χ4n) is 2.40. The Balaban J connectivity index is 1.63. The molecule has 0 atom stereocenters. The van der Waals surface area contributed by atoms with E-state index in [2.05, 4.69) is 46.9 Å². The zero-order valence-corrected chi connectivity index (χ0v) is 12.9. The predicted molar refractivity (Wildman–Crippen MR) is 88.9 cm³/mol. The molecule has 0 aliphatic rings. The van der Waals surface area contributed by atoms with E-state index in [1.807, 2.05) is 28.9 Å². The Kier molecular flexibility index (Phi) is 3.20. The third-order valence-corrected chi connectivity index (χ3v) is 4.52. The van der Waals surface area contributed by atoms with Crippen molar-refractivity contribution in [2.75, 3.05) is 0 Å². The first-order valence-electron chi connectivity index (χ1n) is 7.09. The Bertz CT molecular complexity index is 921. The maximum atomic E-state index is 4.72. The van der Waals surface area contributed by atoms with Gasteiger partial charge in [0.25, 0.3) is 0 Å². The van der Waals surface area contributed by atoms with Crippen molar-refractivity contribution in [1.29, 1.82) is 0 Å². The topological polar surface area (TPSA) is 43.6 Å². The second-order valence-electron chi connectivity index (χ2n) is 5.25. The van der Waals surface area contributed by atoms with Crippen molar-refractivity contribution in [3.05, 3.63) is 65.2 Å².